The molecule has 0 bridgehead atoms. The third-order valence-corrected chi connectivity index (χ3v) is 3.80. The topological polar surface area (TPSA) is 96.9 Å². The molecule has 0 spiro atoms. The molecule has 2 aliphatic heterocycles. The molecule has 3 N–H and O–H groups in total. The normalized spacial score (nSPS) is 29.7. The maximum absolute atomic E-state index is 12.0. The van der Waals surface area contributed by atoms with Crippen LogP contribution in [0.25, 0.3) is 0 Å². The van der Waals surface area contributed by atoms with Crippen LogP contribution >= 0.6 is 0 Å². The van der Waals surface area contributed by atoms with Crippen LogP contribution < -0.4 is 10.6 Å². The number of carboxylic acid groups (broad SMARTS) is 1. The summed E-state index contributed by atoms with van der Waals surface area (Å²) in [5, 5.41) is 14.6. The van der Waals surface area contributed by atoms with Crippen molar-refractivity contribution >= 4 is 12.0 Å². The van der Waals surface area contributed by atoms with E-state index in [0.29, 0.717) is 19.8 Å². The number of hydrogen-bond donors (Lipinski definition) is 3. The largest absolute Gasteiger partial charge is 0.479 e. The van der Waals surface area contributed by atoms with E-state index in [-0.39, 0.29) is 18.6 Å². The number of amides is 2. The molecule has 2 amide bonds. The standard InChI is InChI=1S/C12H20N2O5/c1-11(2-5-18-6-3-11)13-10(17)14-12(9(15)16)4-7-19-8-12/h2-8H2,1H3,(H,15,16)(H2,13,14,17). The van der Waals surface area contributed by atoms with Crippen LogP contribution in [0.4, 0.5) is 4.79 Å². The zero-order valence-corrected chi connectivity index (χ0v) is 11.0. The van der Waals surface area contributed by atoms with Gasteiger partial charge in [0.2, 0.25) is 0 Å². The quantitative estimate of drug-likeness (QED) is 0.677. The molecule has 2 aliphatic rings. The maximum Gasteiger partial charge on any atom is 0.332 e. The first-order valence-electron chi connectivity index (χ1n) is 6.45. The third-order valence-electron chi connectivity index (χ3n) is 3.80. The Bertz CT molecular complexity index is 359. The fourth-order valence-electron chi connectivity index (χ4n) is 2.36. The Kier molecular flexibility index (Phi) is 3.96. The number of urea groups is 1. The Morgan fingerprint density at radius 2 is 1.68 bits per heavy atom. The van der Waals surface area contributed by atoms with Gasteiger partial charge in [-0.05, 0) is 19.8 Å². The summed E-state index contributed by atoms with van der Waals surface area (Å²) >= 11 is 0. The molecule has 2 rings (SSSR count). The minimum Gasteiger partial charge on any atom is -0.479 e. The fraction of sp³-hybridized carbons (Fsp3) is 0.833. The predicted octanol–water partition coefficient (Wildman–Crippen LogP) is 0.0984. The summed E-state index contributed by atoms with van der Waals surface area (Å²) in [6.07, 6.45) is 1.73. The lowest BCUT2D eigenvalue weighted by molar-refractivity contribution is -0.144. The molecule has 2 fully saturated rings. The molecule has 0 radical (unpaired) electrons. The molecular weight excluding hydrogens is 252 g/mol. The molecule has 0 aromatic heterocycles. The Balaban J connectivity index is 1.94. The Labute approximate surface area is 111 Å². The number of rotatable bonds is 3. The highest BCUT2D eigenvalue weighted by molar-refractivity contribution is 5.87. The summed E-state index contributed by atoms with van der Waals surface area (Å²) in [5.74, 6) is -1.06. The van der Waals surface area contributed by atoms with Crippen LogP contribution in [-0.2, 0) is 14.3 Å². The zero-order valence-electron chi connectivity index (χ0n) is 11.0. The summed E-state index contributed by atoms with van der Waals surface area (Å²) in [5.41, 5.74) is -1.65. The van der Waals surface area contributed by atoms with Crippen LogP contribution in [0.3, 0.4) is 0 Å². The SMILES string of the molecule is CC1(NC(=O)NC2(C(=O)O)CCOC2)CCOCC1. The van der Waals surface area contributed by atoms with E-state index in [2.05, 4.69) is 10.6 Å². The molecule has 7 nitrogen and oxygen atoms in total. The number of hydrogen-bond acceptors (Lipinski definition) is 4. The van der Waals surface area contributed by atoms with Gasteiger partial charge in [-0.1, -0.05) is 0 Å². The molecule has 108 valence electrons. The van der Waals surface area contributed by atoms with E-state index >= 15 is 0 Å². The summed E-state index contributed by atoms with van der Waals surface area (Å²) in [7, 11) is 0. The number of ether oxygens (including phenoxy) is 2. The van der Waals surface area contributed by atoms with Crippen LogP contribution in [0, 0.1) is 0 Å². The lowest BCUT2D eigenvalue weighted by atomic mass is 9.92. The van der Waals surface area contributed by atoms with Crippen molar-refractivity contribution in [3.63, 3.8) is 0 Å². The zero-order chi connectivity index (χ0) is 13.9. The first-order chi connectivity index (χ1) is 8.96. The molecular formula is C12H20N2O5. The van der Waals surface area contributed by atoms with Crippen LogP contribution in [-0.4, -0.2) is 54.6 Å². The van der Waals surface area contributed by atoms with Crippen LogP contribution in [0.5, 0.6) is 0 Å². The van der Waals surface area contributed by atoms with Gasteiger partial charge in [-0.25, -0.2) is 9.59 Å². The van der Waals surface area contributed by atoms with Crippen LogP contribution in [0.1, 0.15) is 26.2 Å². The molecule has 1 atom stereocenters. The monoisotopic (exact) mass is 272 g/mol. The highest BCUT2D eigenvalue weighted by atomic mass is 16.5. The van der Waals surface area contributed by atoms with E-state index in [9.17, 15) is 14.7 Å². The lowest BCUT2D eigenvalue weighted by Gasteiger charge is -2.35. The molecule has 19 heavy (non-hydrogen) atoms. The maximum atomic E-state index is 12.0. The van der Waals surface area contributed by atoms with Crippen molar-refractivity contribution in [1.82, 2.24) is 10.6 Å². The second-order valence-electron chi connectivity index (χ2n) is 5.44. The average Bonchev–Trinajstić information content (AvgIpc) is 2.78. The first kappa shape index (κ1) is 14.1. The van der Waals surface area contributed by atoms with E-state index in [0.717, 1.165) is 12.8 Å². The minimum absolute atomic E-state index is 0.00950. The van der Waals surface area contributed by atoms with Crippen molar-refractivity contribution in [3.8, 4) is 0 Å². The summed E-state index contributed by atoms with van der Waals surface area (Å²) < 4.78 is 10.3. The summed E-state index contributed by atoms with van der Waals surface area (Å²) in [6, 6.07) is -0.461. The average molecular weight is 272 g/mol. The number of carbonyl (C=O) groups is 2. The van der Waals surface area contributed by atoms with Crippen LogP contribution in [0.2, 0.25) is 0 Å². The number of nitrogens with one attached hydrogen (secondary N) is 2. The molecule has 7 heteroatoms. The molecule has 0 aromatic rings. The van der Waals surface area contributed by atoms with Gasteiger partial charge < -0.3 is 25.2 Å². The van der Waals surface area contributed by atoms with E-state index in [1.807, 2.05) is 6.92 Å². The van der Waals surface area contributed by atoms with Gasteiger partial charge in [-0.15, -0.1) is 0 Å². The second kappa shape index (κ2) is 5.34. The smallest absolute Gasteiger partial charge is 0.332 e. The Hall–Kier alpha value is -1.34. The molecule has 0 saturated carbocycles. The summed E-state index contributed by atoms with van der Waals surface area (Å²) in [6.45, 7) is 3.49. The van der Waals surface area contributed by atoms with Crippen molar-refractivity contribution < 1.29 is 24.2 Å². The van der Waals surface area contributed by atoms with Gasteiger partial charge >= 0.3 is 12.0 Å². The lowest BCUT2D eigenvalue weighted by Crippen LogP contribution is -2.61. The molecule has 0 aromatic carbocycles. The number of aliphatic carboxylic acids is 1. The van der Waals surface area contributed by atoms with Crippen molar-refractivity contribution in [2.24, 2.45) is 0 Å². The van der Waals surface area contributed by atoms with Crippen molar-refractivity contribution in [3.05, 3.63) is 0 Å². The molecule has 0 aliphatic carbocycles. The van der Waals surface area contributed by atoms with Crippen molar-refractivity contribution in [1.29, 1.82) is 0 Å². The van der Waals surface area contributed by atoms with Gasteiger partial charge in [0.05, 0.1) is 6.61 Å². The van der Waals surface area contributed by atoms with E-state index < -0.39 is 17.5 Å². The van der Waals surface area contributed by atoms with Gasteiger partial charge in [0, 0.05) is 31.8 Å². The third kappa shape index (κ3) is 3.16. The predicted molar refractivity (Wildman–Crippen MR) is 65.9 cm³/mol. The number of carboxylic acids is 1. The van der Waals surface area contributed by atoms with Gasteiger partial charge in [-0.2, -0.15) is 0 Å². The van der Waals surface area contributed by atoms with Gasteiger partial charge in [0.15, 0.2) is 5.54 Å². The van der Waals surface area contributed by atoms with E-state index in [4.69, 9.17) is 9.47 Å². The molecule has 1 unspecified atom stereocenters. The van der Waals surface area contributed by atoms with E-state index in [1.54, 1.807) is 0 Å². The second-order valence-corrected chi connectivity index (χ2v) is 5.44. The summed E-state index contributed by atoms with van der Waals surface area (Å²) in [4.78, 5) is 23.3. The molecule has 2 saturated heterocycles. The van der Waals surface area contributed by atoms with Crippen LogP contribution in [0.15, 0.2) is 0 Å². The highest BCUT2D eigenvalue weighted by Gasteiger charge is 2.44. The van der Waals surface area contributed by atoms with Gasteiger partial charge in [-0.3, -0.25) is 0 Å². The Morgan fingerprint density at radius 1 is 1.05 bits per heavy atom. The number of carbonyl (C=O) groups excluding carboxylic acids is 1. The van der Waals surface area contributed by atoms with E-state index in [1.165, 1.54) is 0 Å². The van der Waals surface area contributed by atoms with Crippen molar-refractivity contribution in [2.75, 3.05) is 26.4 Å². The highest BCUT2D eigenvalue weighted by Crippen LogP contribution is 2.21. The molecule has 2 heterocycles. The first-order valence-corrected chi connectivity index (χ1v) is 6.45. The Morgan fingerprint density at radius 3 is 2.21 bits per heavy atom. The fourth-order valence-corrected chi connectivity index (χ4v) is 2.36. The van der Waals surface area contributed by atoms with Gasteiger partial charge in [0.25, 0.3) is 0 Å². The van der Waals surface area contributed by atoms with Gasteiger partial charge in [0.1, 0.15) is 0 Å². The van der Waals surface area contributed by atoms with Crippen molar-refractivity contribution in [2.45, 2.75) is 37.3 Å². The minimum atomic E-state index is -1.30.